The van der Waals surface area contributed by atoms with E-state index in [-0.39, 0.29) is 6.61 Å². The van der Waals surface area contributed by atoms with E-state index >= 15 is 0 Å². The zero-order valence-electron chi connectivity index (χ0n) is 7.40. The van der Waals surface area contributed by atoms with Crippen molar-refractivity contribution in [2.45, 2.75) is 6.61 Å². The van der Waals surface area contributed by atoms with Crippen LogP contribution >= 0.6 is 0 Å². The third kappa shape index (κ3) is 2.19. The molecule has 3 N–H and O–H groups in total. The number of nitrogens with two attached hydrogens (primary N) is 1. The maximum absolute atomic E-state index is 8.99. The summed E-state index contributed by atoms with van der Waals surface area (Å²) < 4.78 is 5.03. The molecule has 0 amide bonds. The first-order valence-electron chi connectivity index (χ1n) is 3.83. The van der Waals surface area contributed by atoms with Gasteiger partial charge in [-0.05, 0) is 23.8 Å². The molecule has 0 bridgehead atoms. The van der Waals surface area contributed by atoms with Crippen molar-refractivity contribution in [1.82, 2.24) is 0 Å². The monoisotopic (exact) mass is 180 g/mol. The zero-order chi connectivity index (χ0) is 9.68. The Morgan fingerprint density at radius 1 is 1.62 bits per heavy atom. The fraction of sp³-hybridized carbons (Fsp3) is 0.222. The lowest BCUT2D eigenvalue weighted by Gasteiger charge is -2.05. The van der Waals surface area contributed by atoms with Crippen molar-refractivity contribution >= 4 is 6.21 Å². The summed E-state index contributed by atoms with van der Waals surface area (Å²) in [6.45, 7) is -0.0601. The molecule has 0 saturated heterocycles. The van der Waals surface area contributed by atoms with Crippen molar-refractivity contribution < 1.29 is 9.84 Å². The Morgan fingerprint density at radius 3 is 2.92 bits per heavy atom. The molecule has 0 saturated carbocycles. The molecule has 0 heterocycles. The number of methoxy groups -OCH3 is 1. The number of hydrogen-bond donors (Lipinski definition) is 2. The highest BCUT2D eigenvalue weighted by atomic mass is 16.5. The van der Waals surface area contributed by atoms with Gasteiger partial charge in [0.15, 0.2) is 0 Å². The minimum atomic E-state index is -0.0601. The number of hydrazone groups is 1. The SMILES string of the molecule is COc1ccc(C=NN)cc1CO. The standard InChI is InChI=1S/C9H12N2O2/c1-13-9-3-2-7(5-11-10)4-8(9)6-12/h2-5,12H,6,10H2,1H3. The molecule has 1 rings (SSSR count). The molecule has 4 heteroatoms. The molecular formula is C9H12N2O2. The minimum Gasteiger partial charge on any atom is -0.496 e. The van der Waals surface area contributed by atoms with Crippen LogP contribution in [0.2, 0.25) is 0 Å². The molecule has 0 spiro atoms. The second-order valence-corrected chi connectivity index (χ2v) is 2.51. The summed E-state index contributed by atoms with van der Waals surface area (Å²) >= 11 is 0. The first kappa shape index (κ1) is 9.54. The van der Waals surface area contributed by atoms with E-state index in [0.29, 0.717) is 5.75 Å². The van der Waals surface area contributed by atoms with Gasteiger partial charge in [-0.1, -0.05) is 0 Å². The Balaban J connectivity index is 3.05. The molecule has 70 valence electrons. The molecule has 0 atom stereocenters. The van der Waals surface area contributed by atoms with Crippen LogP contribution in [-0.4, -0.2) is 18.4 Å². The Kier molecular flexibility index (Phi) is 3.28. The topological polar surface area (TPSA) is 67.8 Å². The summed E-state index contributed by atoms with van der Waals surface area (Å²) in [6, 6.07) is 5.35. The highest BCUT2D eigenvalue weighted by Crippen LogP contribution is 2.18. The van der Waals surface area contributed by atoms with E-state index in [1.165, 1.54) is 6.21 Å². The van der Waals surface area contributed by atoms with Crippen molar-refractivity contribution in [3.63, 3.8) is 0 Å². The smallest absolute Gasteiger partial charge is 0.124 e. The number of rotatable bonds is 3. The molecule has 4 nitrogen and oxygen atoms in total. The summed E-state index contributed by atoms with van der Waals surface area (Å²) in [5, 5.41) is 12.4. The molecule has 0 aliphatic carbocycles. The fourth-order valence-corrected chi connectivity index (χ4v) is 1.09. The predicted molar refractivity (Wildman–Crippen MR) is 50.7 cm³/mol. The fourth-order valence-electron chi connectivity index (χ4n) is 1.09. The molecule has 0 radical (unpaired) electrons. The molecule has 13 heavy (non-hydrogen) atoms. The lowest BCUT2D eigenvalue weighted by atomic mass is 10.1. The van der Waals surface area contributed by atoms with Gasteiger partial charge in [0.2, 0.25) is 0 Å². The van der Waals surface area contributed by atoms with Crippen molar-refractivity contribution in [2.24, 2.45) is 10.9 Å². The molecule has 0 unspecified atom stereocenters. The number of ether oxygens (including phenoxy) is 1. The normalized spacial score (nSPS) is 10.6. The predicted octanol–water partition coefficient (Wildman–Crippen LogP) is 0.480. The Hall–Kier alpha value is -1.55. The van der Waals surface area contributed by atoms with Gasteiger partial charge < -0.3 is 15.7 Å². The number of aliphatic hydroxyl groups is 1. The van der Waals surface area contributed by atoms with E-state index in [1.54, 1.807) is 19.2 Å². The van der Waals surface area contributed by atoms with E-state index < -0.39 is 0 Å². The highest BCUT2D eigenvalue weighted by molar-refractivity contribution is 5.80. The van der Waals surface area contributed by atoms with Gasteiger partial charge in [0.25, 0.3) is 0 Å². The van der Waals surface area contributed by atoms with Crippen LogP contribution in [0.4, 0.5) is 0 Å². The molecule has 1 aromatic carbocycles. The van der Waals surface area contributed by atoms with Gasteiger partial charge in [0, 0.05) is 5.56 Å². The van der Waals surface area contributed by atoms with Gasteiger partial charge in [0.05, 0.1) is 19.9 Å². The Morgan fingerprint density at radius 2 is 2.38 bits per heavy atom. The van der Waals surface area contributed by atoms with Crippen LogP contribution in [0.15, 0.2) is 23.3 Å². The van der Waals surface area contributed by atoms with Crippen LogP contribution in [0.5, 0.6) is 5.75 Å². The van der Waals surface area contributed by atoms with Crippen LogP contribution in [0, 0.1) is 0 Å². The van der Waals surface area contributed by atoms with Crippen LogP contribution in [-0.2, 0) is 6.61 Å². The Bertz CT molecular complexity index is 310. The zero-order valence-corrected chi connectivity index (χ0v) is 7.40. The van der Waals surface area contributed by atoms with Crippen molar-refractivity contribution in [3.05, 3.63) is 29.3 Å². The van der Waals surface area contributed by atoms with Gasteiger partial charge in [-0.3, -0.25) is 0 Å². The van der Waals surface area contributed by atoms with Crippen molar-refractivity contribution in [3.8, 4) is 5.75 Å². The minimum absolute atomic E-state index is 0.0601. The number of benzene rings is 1. The quantitative estimate of drug-likeness (QED) is 0.404. The van der Waals surface area contributed by atoms with Gasteiger partial charge in [-0.25, -0.2) is 0 Å². The average molecular weight is 180 g/mol. The van der Waals surface area contributed by atoms with E-state index in [0.717, 1.165) is 11.1 Å². The molecule has 0 aliphatic rings. The van der Waals surface area contributed by atoms with Gasteiger partial charge >= 0.3 is 0 Å². The molecular weight excluding hydrogens is 168 g/mol. The first-order valence-corrected chi connectivity index (χ1v) is 3.83. The second kappa shape index (κ2) is 4.47. The van der Waals surface area contributed by atoms with Gasteiger partial charge in [0.1, 0.15) is 5.75 Å². The van der Waals surface area contributed by atoms with Crippen molar-refractivity contribution in [1.29, 1.82) is 0 Å². The molecule has 0 fully saturated rings. The number of nitrogens with zero attached hydrogens (tertiary/aromatic N) is 1. The summed E-state index contributed by atoms with van der Waals surface area (Å²) in [4.78, 5) is 0. The van der Waals surface area contributed by atoms with Crippen molar-refractivity contribution in [2.75, 3.05) is 7.11 Å². The lowest BCUT2D eigenvalue weighted by molar-refractivity contribution is 0.274. The molecule has 0 aliphatic heterocycles. The molecule has 0 aromatic heterocycles. The van der Waals surface area contributed by atoms with E-state index in [4.69, 9.17) is 15.7 Å². The van der Waals surface area contributed by atoms with Crippen LogP contribution in [0.3, 0.4) is 0 Å². The number of aliphatic hydroxyl groups excluding tert-OH is 1. The summed E-state index contributed by atoms with van der Waals surface area (Å²) in [5.41, 5.74) is 1.56. The summed E-state index contributed by atoms with van der Waals surface area (Å²) in [6.07, 6.45) is 1.51. The van der Waals surface area contributed by atoms with E-state index in [1.807, 2.05) is 6.07 Å². The lowest BCUT2D eigenvalue weighted by Crippen LogP contribution is -1.94. The van der Waals surface area contributed by atoms with E-state index in [9.17, 15) is 0 Å². The largest absolute Gasteiger partial charge is 0.496 e. The third-order valence-corrected chi connectivity index (χ3v) is 1.70. The highest BCUT2D eigenvalue weighted by Gasteiger charge is 2.01. The van der Waals surface area contributed by atoms with Crippen LogP contribution in [0.25, 0.3) is 0 Å². The van der Waals surface area contributed by atoms with Gasteiger partial charge in [-0.15, -0.1) is 0 Å². The first-order chi connectivity index (χ1) is 6.31. The molecule has 1 aromatic rings. The van der Waals surface area contributed by atoms with E-state index in [2.05, 4.69) is 5.10 Å². The van der Waals surface area contributed by atoms with Crippen LogP contribution < -0.4 is 10.6 Å². The maximum Gasteiger partial charge on any atom is 0.124 e. The van der Waals surface area contributed by atoms with Gasteiger partial charge in [-0.2, -0.15) is 5.10 Å². The third-order valence-electron chi connectivity index (χ3n) is 1.70. The summed E-state index contributed by atoms with van der Waals surface area (Å²) in [7, 11) is 1.56. The summed E-state index contributed by atoms with van der Waals surface area (Å²) in [5.74, 6) is 5.66. The Labute approximate surface area is 76.6 Å². The van der Waals surface area contributed by atoms with Crippen LogP contribution in [0.1, 0.15) is 11.1 Å². The maximum atomic E-state index is 8.99. The second-order valence-electron chi connectivity index (χ2n) is 2.51. The number of hydrogen-bond acceptors (Lipinski definition) is 4. The average Bonchev–Trinajstić information content (AvgIpc) is 2.18.